The third-order valence-electron chi connectivity index (χ3n) is 3.23. The van der Waals surface area contributed by atoms with Crippen LogP contribution in [0.3, 0.4) is 0 Å². The number of hydrogen-bond donors (Lipinski definition) is 0. The molecule has 3 heteroatoms. The Bertz CT molecular complexity index is 592. The van der Waals surface area contributed by atoms with E-state index >= 15 is 0 Å². The maximum Gasteiger partial charge on any atom is 0.124 e. The Morgan fingerprint density at radius 2 is 2.38 bits per heavy atom. The van der Waals surface area contributed by atoms with Gasteiger partial charge >= 0.3 is 0 Å². The minimum Gasteiger partial charge on any atom is -0.242 e. The summed E-state index contributed by atoms with van der Waals surface area (Å²) in [6.45, 7) is 2.29. The monoisotopic (exact) mass is 228 g/mol. The van der Waals surface area contributed by atoms with Gasteiger partial charge in [-0.15, -0.1) is 11.3 Å². The molecule has 0 fully saturated rings. The van der Waals surface area contributed by atoms with Gasteiger partial charge in [-0.25, -0.2) is 4.98 Å². The second-order valence-corrected chi connectivity index (χ2v) is 5.59. The normalized spacial score (nSPS) is 19.4. The number of rotatable bonds is 0. The van der Waals surface area contributed by atoms with Crippen LogP contribution in [-0.2, 0) is 12.8 Å². The van der Waals surface area contributed by atoms with Gasteiger partial charge in [-0.2, -0.15) is 5.26 Å². The summed E-state index contributed by atoms with van der Waals surface area (Å²) in [5, 5.41) is 10.0. The van der Waals surface area contributed by atoms with Crippen LogP contribution in [0.15, 0.2) is 12.1 Å². The fraction of sp³-hybridized carbons (Fsp3) is 0.385. The molecule has 0 aliphatic heterocycles. The Labute approximate surface area is 98.5 Å². The highest BCUT2D eigenvalue weighted by Crippen LogP contribution is 2.30. The molecule has 80 valence electrons. The van der Waals surface area contributed by atoms with E-state index in [0.29, 0.717) is 0 Å². The van der Waals surface area contributed by atoms with E-state index in [2.05, 4.69) is 24.0 Å². The zero-order chi connectivity index (χ0) is 11.1. The van der Waals surface area contributed by atoms with Crippen LogP contribution in [0.4, 0.5) is 0 Å². The van der Waals surface area contributed by atoms with Gasteiger partial charge in [0.25, 0.3) is 0 Å². The van der Waals surface area contributed by atoms with E-state index in [4.69, 9.17) is 5.26 Å². The van der Waals surface area contributed by atoms with Crippen LogP contribution in [-0.4, -0.2) is 4.98 Å². The first-order valence-corrected chi connectivity index (χ1v) is 6.40. The lowest BCUT2D eigenvalue weighted by Crippen LogP contribution is -2.12. The number of thiophene rings is 1. The predicted molar refractivity (Wildman–Crippen MR) is 65.5 cm³/mol. The molecule has 16 heavy (non-hydrogen) atoms. The Kier molecular flexibility index (Phi) is 2.19. The van der Waals surface area contributed by atoms with Crippen molar-refractivity contribution in [2.24, 2.45) is 5.92 Å². The molecule has 2 aromatic rings. The highest BCUT2D eigenvalue weighted by atomic mass is 32.1. The van der Waals surface area contributed by atoms with Crippen molar-refractivity contribution in [1.82, 2.24) is 4.98 Å². The molecule has 1 atom stereocenters. The minimum absolute atomic E-state index is 0.762. The fourth-order valence-corrected chi connectivity index (χ4v) is 3.19. The number of nitrogens with zero attached hydrogens (tertiary/aromatic N) is 2. The number of nitriles is 1. The Hall–Kier alpha value is -1.40. The van der Waals surface area contributed by atoms with Crippen LogP contribution in [0, 0.1) is 17.2 Å². The van der Waals surface area contributed by atoms with E-state index < -0.39 is 0 Å². The SMILES string of the molecule is CC1CCc2nc3sc(C#N)cc3cc2C1. The minimum atomic E-state index is 0.762. The number of fused-ring (bicyclic) bond motifs is 2. The van der Waals surface area contributed by atoms with Crippen LogP contribution in [0.25, 0.3) is 10.2 Å². The predicted octanol–water partition coefficient (Wildman–Crippen LogP) is 3.29. The van der Waals surface area contributed by atoms with Crippen molar-refractivity contribution in [3.63, 3.8) is 0 Å². The fourth-order valence-electron chi connectivity index (χ4n) is 2.36. The second-order valence-electron chi connectivity index (χ2n) is 4.56. The standard InChI is InChI=1S/C13H12N2S/c1-8-2-3-12-9(4-8)5-10-6-11(7-14)16-13(10)15-12/h5-6,8H,2-4H2,1H3. The third kappa shape index (κ3) is 1.50. The summed E-state index contributed by atoms with van der Waals surface area (Å²) in [4.78, 5) is 6.47. The van der Waals surface area contributed by atoms with E-state index in [1.165, 1.54) is 29.0 Å². The van der Waals surface area contributed by atoms with Crippen LogP contribution in [0.2, 0.25) is 0 Å². The molecule has 2 aromatic heterocycles. The number of hydrogen-bond acceptors (Lipinski definition) is 3. The van der Waals surface area contributed by atoms with E-state index in [1.807, 2.05) is 6.07 Å². The van der Waals surface area contributed by atoms with Crippen molar-refractivity contribution in [3.05, 3.63) is 28.3 Å². The molecule has 1 aliphatic carbocycles. The van der Waals surface area contributed by atoms with Gasteiger partial charge in [0.1, 0.15) is 15.8 Å². The molecular weight excluding hydrogens is 216 g/mol. The topological polar surface area (TPSA) is 36.7 Å². The van der Waals surface area contributed by atoms with Gasteiger partial charge in [-0.1, -0.05) is 6.92 Å². The molecule has 2 nitrogen and oxygen atoms in total. The summed E-state index contributed by atoms with van der Waals surface area (Å²) in [6, 6.07) is 6.37. The average Bonchev–Trinajstić information content (AvgIpc) is 2.67. The van der Waals surface area contributed by atoms with E-state index in [9.17, 15) is 0 Å². The summed E-state index contributed by atoms with van der Waals surface area (Å²) in [6.07, 6.45) is 3.46. The van der Waals surface area contributed by atoms with Crippen LogP contribution in [0.5, 0.6) is 0 Å². The lowest BCUT2D eigenvalue weighted by atomic mass is 9.88. The second kappa shape index (κ2) is 3.57. The summed E-state index contributed by atoms with van der Waals surface area (Å²) < 4.78 is 0. The lowest BCUT2D eigenvalue weighted by molar-refractivity contribution is 0.495. The zero-order valence-corrected chi connectivity index (χ0v) is 9.97. The van der Waals surface area contributed by atoms with Gasteiger partial charge in [-0.3, -0.25) is 0 Å². The molecule has 0 saturated carbocycles. The van der Waals surface area contributed by atoms with Crippen LogP contribution >= 0.6 is 11.3 Å². The Morgan fingerprint density at radius 3 is 3.19 bits per heavy atom. The molecule has 0 radical (unpaired) electrons. The first-order chi connectivity index (χ1) is 7.76. The largest absolute Gasteiger partial charge is 0.242 e. The molecule has 2 heterocycles. The Balaban J connectivity index is 2.18. The maximum absolute atomic E-state index is 8.88. The van der Waals surface area contributed by atoms with Gasteiger partial charge < -0.3 is 0 Å². The van der Waals surface area contributed by atoms with E-state index in [1.54, 1.807) is 0 Å². The van der Waals surface area contributed by atoms with Crippen molar-refractivity contribution in [2.75, 3.05) is 0 Å². The first kappa shape index (κ1) is 9.80. The quantitative estimate of drug-likeness (QED) is 0.693. The van der Waals surface area contributed by atoms with E-state index in [0.717, 1.165) is 33.9 Å². The number of pyridine rings is 1. The van der Waals surface area contributed by atoms with Crippen molar-refractivity contribution in [2.45, 2.75) is 26.2 Å². The molecule has 0 N–H and O–H groups in total. The van der Waals surface area contributed by atoms with E-state index in [-0.39, 0.29) is 0 Å². The molecule has 0 aromatic carbocycles. The van der Waals surface area contributed by atoms with Crippen molar-refractivity contribution < 1.29 is 0 Å². The molecule has 1 unspecified atom stereocenters. The van der Waals surface area contributed by atoms with Gasteiger partial charge in [0.15, 0.2) is 0 Å². The summed E-state index contributed by atoms with van der Waals surface area (Å²) in [7, 11) is 0. The third-order valence-corrected chi connectivity index (χ3v) is 4.18. The maximum atomic E-state index is 8.88. The molecule has 0 saturated heterocycles. The number of aryl methyl sites for hydroxylation is 1. The highest BCUT2D eigenvalue weighted by Gasteiger charge is 2.17. The van der Waals surface area contributed by atoms with Crippen LogP contribution < -0.4 is 0 Å². The summed E-state index contributed by atoms with van der Waals surface area (Å²) in [5.74, 6) is 0.765. The molecule has 0 bridgehead atoms. The molecular formula is C13H12N2S. The van der Waals surface area contributed by atoms with Gasteiger partial charge in [0.05, 0.1) is 0 Å². The van der Waals surface area contributed by atoms with Gasteiger partial charge in [0, 0.05) is 11.1 Å². The molecule has 3 rings (SSSR count). The molecule has 0 spiro atoms. The van der Waals surface area contributed by atoms with Crippen molar-refractivity contribution >= 4 is 21.6 Å². The smallest absolute Gasteiger partial charge is 0.124 e. The van der Waals surface area contributed by atoms with Crippen molar-refractivity contribution in [3.8, 4) is 6.07 Å². The molecule has 1 aliphatic rings. The van der Waals surface area contributed by atoms with Crippen LogP contribution in [0.1, 0.15) is 29.5 Å². The summed E-state index contributed by atoms with van der Waals surface area (Å²) >= 11 is 1.50. The van der Waals surface area contributed by atoms with Gasteiger partial charge in [-0.05, 0) is 42.9 Å². The molecule has 0 amide bonds. The highest BCUT2D eigenvalue weighted by molar-refractivity contribution is 7.19. The first-order valence-electron chi connectivity index (χ1n) is 5.58. The zero-order valence-electron chi connectivity index (χ0n) is 9.16. The lowest BCUT2D eigenvalue weighted by Gasteiger charge is -2.20. The Morgan fingerprint density at radius 1 is 1.50 bits per heavy atom. The van der Waals surface area contributed by atoms with Gasteiger partial charge in [0.2, 0.25) is 0 Å². The number of aromatic nitrogens is 1. The van der Waals surface area contributed by atoms with Crippen molar-refractivity contribution in [1.29, 1.82) is 5.26 Å². The average molecular weight is 228 g/mol. The summed E-state index contributed by atoms with van der Waals surface area (Å²) in [5.41, 5.74) is 2.63.